The van der Waals surface area contributed by atoms with E-state index in [-0.39, 0.29) is 11.1 Å². The van der Waals surface area contributed by atoms with Crippen LogP contribution >= 0.6 is 0 Å². The summed E-state index contributed by atoms with van der Waals surface area (Å²) in [6.45, 7) is 5.35. The van der Waals surface area contributed by atoms with E-state index in [0.29, 0.717) is 11.4 Å². The molecular weight excluding hydrogens is 674 g/mol. The Bertz CT molecular complexity index is 2410. The van der Waals surface area contributed by atoms with Gasteiger partial charge < -0.3 is 9.80 Å². The zero-order valence-corrected chi connectivity index (χ0v) is 30.3. The molecule has 0 aliphatic rings. The van der Waals surface area contributed by atoms with Gasteiger partial charge in [0.15, 0.2) is 0 Å². The van der Waals surface area contributed by atoms with Gasteiger partial charge in [-0.1, -0.05) is 132 Å². The topological polar surface area (TPSA) is 6.48 Å². The maximum absolute atomic E-state index is 15.9. The highest BCUT2D eigenvalue weighted by Crippen LogP contribution is 2.50. The van der Waals surface area contributed by atoms with E-state index in [2.05, 4.69) is 46.2 Å². The van der Waals surface area contributed by atoms with Crippen molar-refractivity contribution in [3.05, 3.63) is 204 Å². The van der Waals surface area contributed by atoms with Crippen molar-refractivity contribution >= 4 is 55.7 Å². The summed E-state index contributed by atoms with van der Waals surface area (Å²) in [7, 11) is 0. The molecular formula is C49H39F3N2. The van der Waals surface area contributed by atoms with Crippen molar-refractivity contribution in [1.29, 1.82) is 0 Å². The Morgan fingerprint density at radius 2 is 0.759 bits per heavy atom. The lowest BCUT2D eigenvalue weighted by Gasteiger charge is -2.36. The van der Waals surface area contributed by atoms with Crippen LogP contribution in [0, 0.1) is 13.8 Å². The monoisotopic (exact) mass is 712 g/mol. The highest BCUT2D eigenvalue weighted by atomic mass is 19.4. The first-order chi connectivity index (χ1) is 26.1. The van der Waals surface area contributed by atoms with E-state index in [1.54, 1.807) is 36.4 Å². The van der Waals surface area contributed by atoms with Crippen molar-refractivity contribution in [2.45, 2.75) is 32.4 Å². The van der Waals surface area contributed by atoms with Crippen LogP contribution in [0.2, 0.25) is 0 Å². The van der Waals surface area contributed by atoms with Crippen LogP contribution in [-0.2, 0) is 5.41 Å². The molecule has 0 spiro atoms. The molecule has 8 aromatic rings. The average molecular weight is 713 g/mol. The number of alkyl halides is 3. The van der Waals surface area contributed by atoms with Crippen LogP contribution in [0.3, 0.4) is 0 Å². The molecule has 266 valence electrons. The van der Waals surface area contributed by atoms with E-state index in [9.17, 15) is 0 Å². The number of aryl methyl sites for hydroxylation is 2. The van der Waals surface area contributed by atoms with Gasteiger partial charge >= 0.3 is 6.18 Å². The maximum Gasteiger partial charge on any atom is 0.402 e. The summed E-state index contributed by atoms with van der Waals surface area (Å²) in [5.41, 5.74) is 4.88. The Labute approximate surface area is 314 Å². The molecule has 0 saturated heterocycles. The quantitative estimate of drug-likeness (QED) is 0.155. The van der Waals surface area contributed by atoms with Gasteiger partial charge in [-0.15, -0.1) is 0 Å². The number of rotatable bonds is 8. The van der Waals surface area contributed by atoms with Crippen LogP contribution in [-0.4, -0.2) is 6.18 Å². The van der Waals surface area contributed by atoms with E-state index in [1.165, 1.54) is 6.92 Å². The molecule has 0 N–H and O–H groups in total. The largest absolute Gasteiger partial charge is 0.402 e. The predicted molar refractivity (Wildman–Crippen MR) is 219 cm³/mol. The van der Waals surface area contributed by atoms with Gasteiger partial charge in [0.2, 0.25) is 0 Å². The van der Waals surface area contributed by atoms with Crippen LogP contribution < -0.4 is 9.80 Å². The van der Waals surface area contributed by atoms with Crippen molar-refractivity contribution in [2.75, 3.05) is 9.80 Å². The van der Waals surface area contributed by atoms with Crippen molar-refractivity contribution in [2.24, 2.45) is 0 Å². The minimum absolute atomic E-state index is 0.147. The van der Waals surface area contributed by atoms with Gasteiger partial charge in [0.05, 0.1) is 11.4 Å². The van der Waals surface area contributed by atoms with Gasteiger partial charge in [0.25, 0.3) is 0 Å². The average Bonchev–Trinajstić information content (AvgIpc) is 3.19. The normalized spacial score (nSPS) is 11.9. The fraction of sp³-hybridized carbons (Fsp3) is 0.102. The molecule has 0 saturated carbocycles. The number of halogens is 3. The second-order valence-corrected chi connectivity index (χ2v) is 14.1. The molecule has 8 rings (SSSR count). The van der Waals surface area contributed by atoms with E-state index >= 15 is 13.2 Å². The molecule has 0 bridgehead atoms. The van der Waals surface area contributed by atoms with Crippen LogP contribution in [0.1, 0.15) is 29.2 Å². The van der Waals surface area contributed by atoms with Crippen molar-refractivity contribution < 1.29 is 13.2 Å². The lowest BCUT2D eigenvalue weighted by atomic mass is 9.75. The zero-order chi connectivity index (χ0) is 37.5. The van der Waals surface area contributed by atoms with Crippen LogP contribution in [0.25, 0.3) is 21.5 Å². The SMILES string of the molecule is Cc1ccc(N(c2cccc(C(C)(c3cccc(N(c4ccc(C)cc4)c4cccc5ccccc45)c3)C(F)(F)F)c2)c2cccc3ccccc23)cc1. The van der Waals surface area contributed by atoms with Crippen LogP contribution in [0.4, 0.5) is 47.3 Å². The Balaban J connectivity index is 1.30. The number of benzene rings is 8. The van der Waals surface area contributed by atoms with Gasteiger partial charge in [-0.05, 0) is 103 Å². The number of hydrogen-bond donors (Lipinski definition) is 0. The number of anilines is 6. The second-order valence-electron chi connectivity index (χ2n) is 14.1. The third-order valence-corrected chi connectivity index (χ3v) is 10.5. The lowest BCUT2D eigenvalue weighted by molar-refractivity contribution is -0.173. The van der Waals surface area contributed by atoms with Crippen LogP contribution in [0.5, 0.6) is 0 Å². The highest BCUT2D eigenvalue weighted by molar-refractivity contribution is 6.00. The Hall–Kier alpha value is -6.33. The Kier molecular flexibility index (Phi) is 8.95. The van der Waals surface area contributed by atoms with E-state index in [0.717, 1.165) is 55.4 Å². The zero-order valence-electron chi connectivity index (χ0n) is 30.3. The van der Waals surface area contributed by atoms with Crippen molar-refractivity contribution in [3.63, 3.8) is 0 Å². The molecule has 0 heterocycles. The Morgan fingerprint density at radius 3 is 1.17 bits per heavy atom. The van der Waals surface area contributed by atoms with Gasteiger partial charge in [0.1, 0.15) is 5.41 Å². The molecule has 54 heavy (non-hydrogen) atoms. The third-order valence-electron chi connectivity index (χ3n) is 10.5. The molecule has 0 amide bonds. The van der Waals surface area contributed by atoms with Gasteiger partial charge in [0, 0.05) is 33.5 Å². The van der Waals surface area contributed by atoms with E-state index < -0.39 is 11.6 Å². The number of nitrogens with zero attached hydrogens (tertiary/aromatic N) is 2. The Morgan fingerprint density at radius 1 is 0.389 bits per heavy atom. The standard InChI is InChI=1S/C49H39F3N2/c1-34-24-28-40(29-25-34)53(46-22-8-14-36-12-4-6-20-44(36)46)42-18-10-16-38(32-42)48(3,49(50,51)52)39-17-11-19-43(33-39)54(41-30-26-35(2)27-31-41)47-23-9-15-37-13-5-7-21-45(37)47/h4-33H,1-3H3. The summed E-state index contributed by atoms with van der Waals surface area (Å²) in [6, 6.07) is 58.3. The molecule has 0 aliphatic carbocycles. The van der Waals surface area contributed by atoms with Gasteiger partial charge in [-0.25, -0.2) is 0 Å². The minimum Gasteiger partial charge on any atom is -0.310 e. The molecule has 2 nitrogen and oxygen atoms in total. The maximum atomic E-state index is 15.9. The van der Waals surface area contributed by atoms with Gasteiger partial charge in [-0.2, -0.15) is 13.2 Å². The first-order valence-electron chi connectivity index (χ1n) is 18.1. The minimum atomic E-state index is -4.63. The summed E-state index contributed by atoms with van der Waals surface area (Å²) < 4.78 is 47.7. The molecule has 0 unspecified atom stereocenters. The van der Waals surface area contributed by atoms with Gasteiger partial charge in [-0.3, -0.25) is 0 Å². The fourth-order valence-electron chi connectivity index (χ4n) is 7.45. The molecule has 8 aromatic carbocycles. The molecule has 0 radical (unpaired) electrons. The summed E-state index contributed by atoms with van der Waals surface area (Å²) in [6.07, 6.45) is -4.63. The van der Waals surface area contributed by atoms with Crippen molar-refractivity contribution in [1.82, 2.24) is 0 Å². The predicted octanol–water partition coefficient (Wildman–Crippen LogP) is 14.4. The summed E-state index contributed by atoms with van der Waals surface area (Å²) in [5, 5.41) is 4.10. The smallest absolute Gasteiger partial charge is 0.310 e. The number of hydrogen-bond acceptors (Lipinski definition) is 2. The number of fused-ring (bicyclic) bond motifs is 2. The molecule has 0 aliphatic heterocycles. The first kappa shape index (κ1) is 34.7. The second kappa shape index (κ2) is 13.9. The lowest BCUT2D eigenvalue weighted by Crippen LogP contribution is -2.40. The van der Waals surface area contributed by atoms with Crippen LogP contribution in [0.15, 0.2) is 182 Å². The summed E-state index contributed by atoms with van der Waals surface area (Å²) in [4.78, 5) is 4.11. The highest BCUT2D eigenvalue weighted by Gasteiger charge is 2.53. The third kappa shape index (κ3) is 6.26. The molecule has 0 fully saturated rings. The summed E-state index contributed by atoms with van der Waals surface area (Å²) >= 11 is 0. The first-order valence-corrected chi connectivity index (χ1v) is 18.1. The molecule has 0 atom stereocenters. The fourth-order valence-corrected chi connectivity index (χ4v) is 7.45. The summed E-state index contributed by atoms with van der Waals surface area (Å²) in [5.74, 6) is 0. The molecule has 0 aromatic heterocycles. The van der Waals surface area contributed by atoms with E-state index in [1.807, 2.05) is 123 Å². The van der Waals surface area contributed by atoms with Crippen molar-refractivity contribution in [3.8, 4) is 0 Å². The molecule has 5 heteroatoms. The van der Waals surface area contributed by atoms with E-state index in [4.69, 9.17) is 0 Å².